The Kier molecular flexibility index (Phi) is 4.32. The SMILES string of the molecule is CCc1cc(CC)n(Cc2ccc(C(N)=S)cc2)n1. The van der Waals surface area contributed by atoms with Crippen molar-refractivity contribution in [2.75, 3.05) is 0 Å². The fraction of sp³-hybridized carbons (Fsp3) is 0.333. The molecule has 3 nitrogen and oxygen atoms in total. The van der Waals surface area contributed by atoms with Gasteiger partial charge in [-0.1, -0.05) is 50.3 Å². The molecule has 0 aliphatic carbocycles. The van der Waals surface area contributed by atoms with E-state index in [9.17, 15) is 0 Å². The first-order valence-corrected chi connectivity index (χ1v) is 6.99. The molecule has 4 heteroatoms. The van der Waals surface area contributed by atoms with Crippen molar-refractivity contribution in [3.63, 3.8) is 0 Å². The summed E-state index contributed by atoms with van der Waals surface area (Å²) in [6.07, 6.45) is 1.97. The molecule has 1 heterocycles. The van der Waals surface area contributed by atoms with Crippen LogP contribution in [0.1, 0.15) is 36.4 Å². The molecule has 0 saturated carbocycles. The predicted molar refractivity (Wildman–Crippen MR) is 82.4 cm³/mol. The van der Waals surface area contributed by atoms with Crippen molar-refractivity contribution in [1.82, 2.24) is 9.78 Å². The standard InChI is InChI=1S/C15H19N3S/c1-3-13-9-14(4-2)18(17-13)10-11-5-7-12(8-6-11)15(16)19/h5-9H,3-4,10H2,1-2H3,(H2,16,19). The monoisotopic (exact) mass is 273 g/mol. The van der Waals surface area contributed by atoms with E-state index >= 15 is 0 Å². The number of benzene rings is 1. The summed E-state index contributed by atoms with van der Waals surface area (Å²) >= 11 is 4.95. The summed E-state index contributed by atoms with van der Waals surface area (Å²) in [5, 5.41) is 4.62. The van der Waals surface area contributed by atoms with Crippen LogP contribution in [-0.4, -0.2) is 14.8 Å². The number of hydrogen-bond acceptors (Lipinski definition) is 2. The van der Waals surface area contributed by atoms with Crippen molar-refractivity contribution in [1.29, 1.82) is 0 Å². The summed E-state index contributed by atoms with van der Waals surface area (Å²) in [5.41, 5.74) is 10.1. The van der Waals surface area contributed by atoms with Crippen molar-refractivity contribution in [2.24, 2.45) is 5.73 Å². The zero-order valence-electron chi connectivity index (χ0n) is 11.4. The van der Waals surface area contributed by atoms with E-state index in [2.05, 4.69) is 41.8 Å². The summed E-state index contributed by atoms with van der Waals surface area (Å²) in [6, 6.07) is 10.2. The molecule has 0 unspecified atom stereocenters. The van der Waals surface area contributed by atoms with Gasteiger partial charge in [0.05, 0.1) is 12.2 Å². The molecule has 2 rings (SSSR count). The second-order valence-electron chi connectivity index (χ2n) is 4.55. The molecule has 2 aromatic rings. The van der Waals surface area contributed by atoms with Gasteiger partial charge in [0.1, 0.15) is 4.99 Å². The molecule has 100 valence electrons. The molecule has 0 spiro atoms. The van der Waals surface area contributed by atoms with Crippen LogP contribution in [0.3, 0.4) is 0 Å². The van der Waals surface area contributed by atoms with E-state index in [4.69, 9.17) is 18.0 Å². The molecule has 0 aliphatic heterocycles. The van der Waals surface area contributed by atoms with E-state index in [1.807, 2.05) is 12.1 Å². The highest BCUT2D eigenvalue weighted by atomic mass is 32.1. The van der Waals surface area contributed by atoms with Gasteiger partial charge in [0.15, 0.2) is 0 Å². The van der Waals surface area contributed by atoms with Crippen molar-refractivity contribution in [3.8, 4) is 0 Å². The Morgan fingerprint density at radius 3 is 2.42 bits per heavy atom. The van der Waals surface area contributed by atoms with Gasteiger partial charge in [-0.15, -0.1) is 0 Å². The summed E-state index contributed by atoms with van der Waals surface area (Å²) in [4.78, 5) is 0.438. The number of aryl methyl sites for hydroxylation is 2. The lowest BCUT2D eigenvalue weighted by Gasteiger charge is -2.07. The van der Waals surface area contributed by atoms with Crippen LogP contribution >= 0.6 is 12.2 Å². The smallest absolute Gasteiger partial charge is 0.103 e. The third kappa shape index (κ3) is 3.20. The van der Waals surface area contributed by atoms with E-state index in [0.29, 0.717) is 4.99 Å². The molecule has 0 radical (unpaired) electrons. The molecule has 0 bridgehead atoms. The van der Waals surface area contributed by atoms with E-state index in [-0.39, 0.29) is 0 Å². The molecule has 19 heavy (non-hydrogen) atoms. The number of nitrogens with two attached hydrogens (primary N) is 1. The number of thiocarbonyl (C=S) groups is 1. The molecule has 0 atom stereocenters. The molecular weight excluding hydrogens is 254 g/mol. The highest BCUT2D eigenvalue weighted by Crippen LogP contribution is 2.11. The van der Waals surface area contributed by atoms with Crippen LogP contribution in [0.5, 0.6) is 0 Å². The topological polar surface area (TPSA) is 43.8 Å². The Labute approximate surface area is 119 Å². The maximum atomic E-state index is 5.60. The van der Waals surface area contributed by atoms with E-state index in [1.165, 1.54) is 11.3 Å². The van der Waals surface area contributed by atoms with Crippen LogP contribution < -0.4 is 5.73 Å². The van der Waals surface area contributed by atoms with Crippen LogP contribution in [-0.2, 0) is 19.4 Å². The predicted octanol–water partition coefficient (Wildman–Crippen LogP) is 2.69. The fourth-order valence-corrected chi connectivity index (χ4v) is 2.19. The molecule has 2 N–H and O–H groups in total. The molecule has 0 saturated heterocycles. The van der Waals surface area contributed by atoms with Crippen LogP contribution in [0.2, 0.25) is 0 Å². The van der Waals surface area contributed by atoms with Gasteiger partial charge >= 0.3 is 0 Å². The summed E-state index contributed by atoms with van der Waals surface area (Å²) < 4.78 is 2.08. The Balaban J connectivity index is 2.20. The van der Waals surface area contributed by atoms with Gasteiger partial charge in [-0.2, -0.15) is 5.10 Å². The lowest BCUT2D eigenvalue weighted by Crippen LogP contribution is -2.10. The first kappa shape index (κ1) is 13.7. The highest BCUT2D eigenvalue weighted by Gasteiger charge is 2.06. The minimum Gasteiger partial charge on any atom is -0.389 e. The lowest BCUT2D eigenvalue weighted by atomic mass is 10.1. The second-order valence-corrected chi connectivity index (χ2v) is 4.99. The zero-order chi connectivity index (χ0) is 13.8. The third-order valence-electron chi connectivity index (χ3n) is 3.21. The van der Waals surface area contributed by atoms with Gasteiger partial charge in [0, 0.05) is 11.3 Å². The van der Waals surface area contributed by atoms with Crippen molar-refractivity contribution in [2.45, 2.75) is 33.2 Å². The van der Waals surface area contributed by atoms with Gasteiger partial charge in [-0.25, -0.2) is 0 Å². The normalized spacial score (nSPS) is 10.6. The first-order chi connectivity index (χ1) is 9.13. The zero-order valence-corrected chi connectivity index (χ0v) is 12.2. The van der Waals surface area contributed by atoms with E-state index in [0.717, 1.165) is 30.6 Å². The van der Waals surface area contributed by atoms with Gasteiger partial charge in [-0.05, 0) is 24.5 Å². The van der Waals surface area contributed by atoms with Crippen LogP contribution in [0, 0.1) is 0 Å². The first-order valence-electron chi connectivity index (χ1n) is 6.58. The minimum atomic E-state index is 0.438. The third-order valence-corrected chi connectivity index (χ3v) is 3.44. The molecular formula is C15H19N3S. The second kappa shape index (κ2) is 5.97. The average molecular weight is 273 g/mol. The summed E-state index contributed by atoms with van der Waals surface area (Å²) in [5.74, 6) is 0. The fourth-order valence-electron chi connectivity index (χ4n) is 2.06. The maximum absolute atomic E-state index is 5.60. The maximum Gasteiger partial charge on any atom is 0.103 e. The Bertz CT molecular complexity index is 570. The van der Waals surface area contributed by atoms with Crippen LogP contribution in [0.15, 0.2) is 30.3 Å². The Morgan fingerprint density at radius 2 is 1.89 bits per heavy atom. The molecule has 0 amide bonds. The number of aromatic nitrogens is 2. The van der Waals surface area contributed by atoms with E-state index < -0.39 is 0 Å². The molecule has 1 aromatic heterocycles. The van der Waals surface area contributed by atoms with Gasteiger partial charge in [0.2, 0.25) is 0 Å². The highest BCUT2D eigenvalue weighted by molar-refractivity contribution is 7.80. The summed E-state index contributed by atoms with van der Waals surface area (Å²) in [6.45, 7) is 5.08. The minimum absolute atomic E-state index is 0.438. The van der Waals surface area contributed by atoms with Crippen LogP contribution in [0.25, 0.3) is 0 Å². The average Bonchev–Trinajstić information content (AvgIpc) is 2.81. The van der Waals surface area contributed by atoms with E-state index in [1.54, 1.807) is 0 Å². The summed E-state index contributed by atoms with van der Waals surface area (Å²) in [7, 11) is 0. The largest absolute Gasteiger partial charge is 0.389 e. The Hall–Kier alpha value is -1.68. The molecule has 1 aromatic carbocycles. The van der Waals surface area contributed by atoms with Gasteiger partial charge < -0.3 is 5.73 Å². The number of nitrogens with zero attached hydrogens (tertiary/aromatic N) is 2. The van der Waals surface area contributed by atoms with Gasteiger partial charge in [0.25, 0.3) is 0 Å². The quantitative estimate of drug-likeness (QED) is 0.852. The molecule has 0 aliphatic rings. The van der Waals surface area contributed by atoms with Crippen molar-refractivity contribution < 1.29 is 0 Å². The molecule has 0 fully saturated rings. The lowest BCUT2D eigenvalue weighted by molar-refractivity contribution is 0.640. The van der Waals surface area contributed by atoms with Crippen LogP contribution in [0.4, 0.5) is 0 Å². The van der Waals surface area contributed by atoms with Gasteiger partial charge in [-0.3, -0.25) is 4.68 Å². The number of hydrogen-bond donors (Lipinski definition) is 1. The number of rotatable bonds is 5. The van der Waals surface area contributed by atoms with Crippen molar-refractivity contribution >= 4 is 17.2 Å². The van der Waals surface area contributed by atoms with Crippen molar-refractivity contribution in [3.05, 3.63) is 52.8 Å². The Morgan fingerprint density at radius 1 is 1.21 bits per heavy atom.